The van der Waals surface area contributed by atoms with Gasteiger partial charge in [-0.15, -0.1) is 0 Å². The predicted molar refractivity (Wildman–Crippen MR) is 85.3 cm³/mol. The number of rotatable bonds is 5. The highest BCUT2D eigenvalue weighted by atomic mass is 32.2. The first-order valence-corrected chi connectivity index (χ1v) is 7.26. The number of benzene rings is 2. The molecule has 2 aromatic rings. The first kappa shape index (κ1) is 15.9. The number of carboxylic acid groups (broad SMARTS) is 2. The maximum atomic E-state index is 11.3. The summed E-state index contributed by atoms with van der Waals surface area (Å²) < 4.78 is 0. The van der Waals surface area contributed by atoms with Crippen molar-refractivity contribution >= 4 is 29.4 Å². The average molecular weight is 317 g/mol. The zero-order valence-corrected chi connectivity index (χ0v) is 12.9. The predicted octanol–water partition coefficient (Wildman–Crippen LogP) is 3.30. The van der Waals surface area contributed by atoms with Crippen molar-refractivity contribution in [3.8, 4) is 0 Å². The zero-order valence-electron chi connectivity index (χ0n) is 12.1. The molecule has 0 atom stereocenters. The van der Waals surface area contributed by atoms with Crippen LogP contribution in [-0.2, 0) is 0 Å². The smallest absolute Gasteiger partial charge is 0.336 e. The number of carbonyl (C=O) groups is 2. The monoisotopic (exact) mass is 317 g/mol. The SMILES string of the molecule is CN(C)c1ccc(Sc2cc(C(=O)O)ccc2C(=O)O)cc1. The summed E-state index contributed by atoms with van der Waals surface area (Å²) in [5.41, 5.74) is 1.19. The van der Waals surface area contributed by atoms with E-state index in [9.17, 15) is 14.7 Å². The van der Waals surface area contributed by atoms with Gasteiger partial charge in [-0.05, 0) is 42.5 Å². The van der Waals surface area contributed by atoms with E-state index in [4.69, 9.17) is 5.11 Å². The third kappa shape index (κ3) is 3.59. The molecule has 0 fully saturated rings. The number of hydrogen-bond donors (Lipinski definition) is 2. The lowest BCUT2D eigenvalue weighted by Gasteiger charge is -2.13. The van der Waals surface area contributed by atoms with Gasteiger partial charge in [0.15, 0.2) is 0 Å². The highest BCUT2D eigenvalue weighted by Gasteiger charge is 2.14. The fourth-order valence-electron chi connectivity index (χ4n) is 1.86. The normalized spacial score (nSPS) is 10.3. The molecule has 0 aliphatic heterocycles. The van der Waals surface area contributed by atoms with Crippen LogP contribution in [0, 0.1) is 0 Å². The minimum atomic E-state index is -1.08. The van der Waals surface area contributed by atoms with E-state index in [-0.39, 0.29) is 11.1 Å². The number of anilines is 1. The zero-order chi connectivity index (χ0) is 16.3. The third-order valence-electron chi connectivity index (χ3n) is 3.04. The van der Waals surface area contributed by atoms with Crippen LogP contribution < -0.4 is 4.90 Å². The van der Waals surface area contributed by atoms with E-state index in [1.54, 1.807) is 0 Å². The van der Waals surface area contributed by atoms with Crippen LogP contribution in [0.2, 0.25) is 0 Å². The molecule has 0 aromatic heterocycles. The van der Waals surface area contributed by atoms with Crippen molar-refractivity contribution < 1.29 is 19.8 Å². The highest BCUT2D eigenvalue weighted by Crippen LogP contribution is 2.32. The van der Waals surface area contributed by atoms with Gasteiger partial charge in [-0.1, -0.05) is 11.8 Å². The van der Waals surface area contributed by atoms with Crippen LogP contribution in [0.25, 0.3) is 0 Å². The van der Waals surface area contributed by atoms with Gasteiger partial charge in [0, 0.05) is 29.6 Å². The van der Waals surface area contributed by atoms with E-state index in [0.717, 1.165) is 10.6 Å². The lowest BCUT2D eigenvalue weighted by Crippen LogP contribution is -2.07. The Balaban J connectivity index is 2.36. The molecule has 0 radical (unpaired) electrons. The summed E-state index contributed by atoms with van der Waals surface area (Å²) in [5, 5.41) is 18.3. The van der Waals surface area contributed by atoms with Gasteiger partial charge in [0.1, 0.15) is 0 Å². The Labute approximate surface area is 132 Å². The van der Waals surface area contributed by atoms with Crippen LogP contribution in [0.4, 0.5) is 5.69 Å². The van der Waals surface area contributed by atoms with Crippen molar-refractivity contribution in [2.24, 2.45) is 0 Å². The molecule has 2 aromatic carbocycles. The molecule has 22 heavy (non-hydrogen) atoms. The summed E-state index contributed by atoms with van der Waals surface area (Å²) in [6.07, 6.45) is 0. The molecule has 0 heterocycles. The standard InChI is InChI=1S/C16H15NO4S/c1-17(2)11-4-6-12(7-5-11)22-14-9-10(15(18)19)3-8-13(14)16(20)21/h3-9H,1-2H3,(H,18,19)(H,20,21). The highest BCUT2D eigenvalue weighted by molar-refractivity contribution is 7.99. The van der Waals surface area contributed by atoms with Gasteiger partial charge in [0.2, 0.25) is 0 Å². The molecule has 0 bridgehead atoms. The molecular formula is C16H15NO4S. The van der Waals surface area contributed by atoms with Gasteiger partial charge >= 0.3 is 11.9 Å². The molecule has 5 nitrogen and oxygen atoms in total. The molecule has 0 spiro atoms. The maximum absolute atomic E-state index is 11.3. The Kier molecular flexibility index (Phi) is 4.72. The average Bonchev–Trinajstić information content (AvgIpc) is 2.47. The molecule has 0 aliphatic rings. The molecule has 0 aliphatic carbocycles. The number of hydrogen-bond acceptors (Lipinski definition) is 4. The van der Waals surface area contributed by atoms with E-state index >= 15 is 0 Å². The topological polar surface area (TPSA) is 77.8 Å². The molecule has 114 valence electrons. The van der Waals surface area contributed by atoms with Crippen LogP contribution >= 0.6 is 11.8 Å². The summed E-state index contributed by atoms with van der Waals surface area (Å²) in [4.78, 5) is 25.5. The van der Waals surface area contributed by atoms with Gasteiger partial charge < -0.3 is 15.1 Å². The quantitative estimate of drug-likeness (QED) is 0.881. The molecule has 0 amide bonds. The van der Waals surface area contributed by atoms with E-state index < -0.39 is 11.9 Å². The van der Waals surface area contributed by atoms with Crippen molar-refractivity contribution in [3.63, 3.8) is 0 Å². The van der Waals surface area contributed by atoms with Crippen LogP contribution in [0.3, 0.4) is 0 Å². The Morgan fingerprint density at radius 1 is 0.955 bits per heavy atom. The van der Waals surface area contributed by atoms with E-state index in [1.165, 1.54) is 30.0 Å². The fraction of sp³-hybridized carbons (Fsp3) is 0.125. The van der Waals surface area contributed by atoms with Gasteiger partial charge in [-0.2, -0.15) is 0 Å². The second kappa shape index (κ2) is 6.53. The molecular weight excluding hydrogens is 302 g/mol. The van der Waals surface area contributed by atoms with Crippen LogP contribution in [0.15, 0.2) is 52.3 Å². The minimum Gasteiger partial charge on any atom is -0.478 e. The summed E-state index contributed by atoms with van der Waals surface area (Å²) in [6, 6.07) is 11.6. The third-order valence-corrected chi connectivity index (χ3v) is 4.11. The second-order valence-electron chi connectivity index (χ2n) is 4.81. The second-order valence-corrected chi connectivity index (χ2v) is 5.93. The molecule has 0 saturated heterocycles. The summed E-state index contributed by atoms with van der Waals surface area (Å²) in [7, 11) is 3.86. The summed E-state index contributed by atoms with van der Waals surface area (Å²) in [5.74, 6) is -2.16. The largest absolute Gasteiger partial charge is 0.478 e. The van der Waals surface area contributed by atoms with E-state index in [1.807, 2.05) is 43.3 Å². The van der Waals surface area contributed by atoms with Crippen LogP contribution in [0.1, 0.15) is 20.7 Å². The molecule has 2 N–H and O–H groups in total. The van der Waals surface area contributed by atoms with Crippen molar-refractivity contribution in [1.29, 1.82) is 0 Å². The van der Waals surface area contributed by atoms with Crippen LogP contribution in [-0.4, -0.2) is 36.2 Å². The minimum absolute atomic E-state index is 0.0670. The molecule has 2 rings (SSSR count). The molecule has 0 saturated carbocycles. The first-order chi connectivity index (χ1) is 10.4. The summed E-state index contributed by atoms with van der Waals surface area (Å²) >= 11 is 1.23. The Hall–Kier alpha value is -2.47. The number of carboxylic acids is 2. The van der Waals surface area contributed by atoms with Gasteiger partial charge in [0.25, 0.3) is 0 Å². The van der Waals surface area contributed by atoms with Gasteiger partial charge in [0.05, 0.1) is 11.1 Å². The van der Waals surface area contributed by atoms with E-state index in [2.05, 4.69) is 0 Å². The molecule has 6 heteroatoms. The van der Waals surface area contributed by atoms with E-state index in [0.29, 0.717) is 4.90 Å². The maximum Gasteiger partial charge on any atom is 0.336 e. The summed E-state index contributed by atoms with van der Waals surface area (Å²) in [6.45, 7) is 0. The van der Waals surface area contributed by atoms with Crippen molar-refractivity contribution in [1.82, 2.24) is 0 Å². The van der Waals surface area contributed by atoms with Gasteiger partial charge in [-0.25, -0.2) is 9.59 Å². The van der Waals surface area contributed by atoms with Gasteiger partial charge in [-0.3, -0.25) is 0 Å². The van der Waals surface area contributed by atoms with Crippen molar-refractivity contribution in [3.05, 3.63) is 53.6 Å². The number of aromatic carboxylic acids is 2. The lowest BCUT2D eigenvalue weighted by atomic mass is 10.1. The lowest BCUT2D eigenvalue weighted by molar-refractivity contribution is 0.0678. The van der Waals surface area contributed by atoms with Crippen molar-refractivity contribution in [2.45, 2.75) is 9.79 Å². The Bertz CT molecular complexity index is 711. The van der Waals surface area contributed by atoms with Crippen LogP contribution in [0.5, 0.6) is 0 Å². The molecule has 0 unspecified atom stereocenters. The number of nitrogens with zero attached hydrogens (tertiary/aromatic N) is 1. The Morgan fingerprint density at radius 2 is 1.59 bits per heavy atom. The fourth-order valence-corrected chi connectivity index (χ4v) is 2.83. The Morgan fingerprint density at radius 3 is 2.09 bits per heavy atom. The first-order valence-electron chi connectivity index (χ1n) is 6.44. The van der Waals surface area contributed by atoms with Crippen molar-refractivity contribution in [2.75, 3.05) is 19.0 Å².